The highest BCUT2D eigenvalue weighted by atomic mass is 35.5. The third-order valence-electron chi connectivity index (χ3n) is 7.99. The SMILES string of the molecule is O=C(C(Cl)Cl)N(CCc1csc(CCN(Cc2ccc(Oc3ccc([N+](=O)[O-])cc3)cc2)C(=O)C(Cl)Cl)n1)Cc1ccc(Oc2ccc([N+](=O)[O-])cc2)cc1. The molecule has 18 heteroatoms. The zero-order valence-electron chi connectivity index (χ0n) is 28.6. The predicted octanol–water partition coefficient (Wildman–Crippen LogP) is 9.29. The van der Waals surface area contributed by atoms with Gasteiger partial charge in [0.15, 0.2) is 9.67 Å². The molecule has 286 valence electrons. The van der Waals surface area contributed by atoms with E-state index in [-0.39, 0.29) is 37.6 Å². The van der Waals surface area contributed by atoms with Crippen LogP contribution in [-0.4, -0.2) is 59.2 Å². The summed E-state index contributed by atoms with van der Waals surface area (Å²) >= 11 is 25.3. The lowest BCUT2D eigenvalue weighted by Gasteiger charge is -2.23. The third kappa shape index (κ3) is 12.3. The van der Waals surface area contributed by atoms with Crippen LogP contribution in [0.15, 0.2) is 102 Å². The molecule has 0 radical (unpaired) electrons. The highest BCUT2D eigenvalue weighted by Gasteiger charge is 2.23. The Labute approximate surface area is 339 Å². The molecule has 1 aromatic heterocycles. The number of rotatable bonds is 18. The van der Waals surface area contributed by atoms with Crippen molar-refractivity contribution in [2.75, 3.05) is 13.1 Å². The number of ether oxygens (including phenoxy) is 2. The van der Waals surface area contributed by atoms with Gasteiger partial charge in [0.25, 0.3) is 23.2 Å². The maximum Gasteiger partial charge on any atom is 0.269 e. The van der Waals surface area contributed by atoms with Crippen LogP contribution in [0.25, 0.3) is 0 Å². The number of benzene rings is 4. The number of carbonyl (C=O) groups is 2. The molecule has 0 N–H and O–H groups in total. The molecule has 5 aromatic rings. The first-order chi connectivity index (χ1) is 26.3. The van der Waals surface area contributed by atoms with Crippen molar-refractivity contribution in [2.24, 2.45) is 0 Å². The minimum absolute atomic E-state index is 0.0411. The van der Waals surface area contributed by atoms with Crippen molar-refractivity contribution in [3.05, 3.63) is 144 Å². The number of non-ortho nitro benzene ring substituents is 2. The molecule has 5 rings (SSSR count). The number of thiazole rings is 1. The number of hydrogen-bond acceptors (Lipinski definition) is 10. The zero-order chi connectivity index (χ0) is 39.5. The van der Waals surface area contributed by atoms with Crippen LogP contribution in [0.2, 0.25) is 0 Å². The maximum atomic E-state index is 12.9. The largest absolute Gasteiger partial charge is 0.457 e. The fraction of sp³-hybridized carbons (Fsp3) is 0.216. The van der Waals surface area contributed by atoms with Crippen LogP contribution in [0.3, 0.4) is 0 Å². The molecule has 0 saturated heterocycles. The fourth-order valence-corrected chi connectivity index (χ4v) is 6.55. The monoisotopic (exact) mass is 845 g/mol. The first kappa shape index (κ1) is 41.2. The summed E-state index contributed by atoms with van der Waals surface area (Å²) in [5.41, 5.74) is 2.26. The molecule has 0 aliphatic carbocycles. The van der Waals surface area contributed by atoms with Crippen molar-refractivity contribution in [3.63, 3.8) is 0 Å². The van der Waals surface area contributed by atoms with Crippen molar-refractivity contribution >= 4 is 80.9 Å². The van der Waals surface area contributed by atoms with E-state index in [9.17, 15) is 29.8 Å². The summed E-state index contributed by atoms with van der Waals surface area (Å²) in [5, 5.41) is 24.5. The number of nitro benzene ring substituents is 2. The first-order valence-electron chi connectivity index (χ1n) is 16.4. The van der Waals surface area contributed by atoms with Crippen molar-refractivity contribution in [1.82, 2.24) is 14.8 Å². The second-order valence-corrected chi connectivity index (χ2v) is 15.0. The molecule has 0 fully saturated rings. The van der Waals surface area contributed by atoms with Crippen molar-refractivity contribution in [2.45, 2.75) is 35.6 Å². The Hall–Kier alpha value is -4.99. The minimum atomic E-state index is -1.26. The van der Waals surface area contributed by atoms with Crippen LogP contribution in [0, 0.1) is 20.2 Å². The number of carbonyl (C=O) groups excluding carboxylic acids is 2. The molecule has 0 atom stereocenters. The maximum absolute atomic E-state index is 12.9. The van der Waals surface area contributed by atoms with Crippen molar-refractivity contribution < 1.29 is 28.9 Å². The van der Waals surface area contributed by atoms with Crippen LogP contribution in [0.4, 0.5) is 11.4 Å². The molecule has 4 aromatic carbocycles. The average molecular weight is 848 g/mol. The van der Waals surface area contributed by atoms with E-state index >= 15 is 0 Å². The summed E-state index contributed by atoms with van der Waals surface area (Å²) in [6.07, 6.45) is 0.854. The summed E-state index contributed by atoms with van der Waals surface area (Å²) in [5.74, 6) is 0.981. The van der Waals surface area contributed by atoms with Crippen LogP contribution in [-0.2, 0) is 35.5 Å². The molecule has 0 bridgehead atoms. The topological polar surface area (TPSA) is 158 Å². The van der Waals surface area contributed by atoms with Crippen molar-refractivity contribution in [3.8, 4) is 23.0 Å². The molecular formula is C37H31Cl4N5O8S. The Kier molecular flexibility index (Phi) is 14.6. The van der Waals surface area contributed by atoms with E-state index < -0.39 is 31.3 Å². The molecule has 0 unspecified atom stereocenters. The lowest BCUT2D eigenvalue weighted by Crippen LogP contribution is -2.36. The van der Waals surface area contributed by atoms with Gasteiger partial charge in [-0.05, 0) is 59.7 Å². The van der Waals surface area contributed by atoms with Crippen LogP contribution < -0.4 is 9.47 Å². The fourth-order valence-electron chi connectivity index (χ4n) is 5.18. The van der Waals surface area contributed by atoms with Crippen LogP contribution >= 0.6 is 57.7 Å². The summed E-state index contributed by atoms with van der Waals surface area (Å²) in [7, 11) is 0. The lowest BCUT2D eigenvalue weighted by molar-refractivity contribution is -0.385. The molecule has 13 nitrogen and oxygen atoms in total. The lowest BCUT2D eigenvalue weighted by atomic mass is 10.2. The van der Waals surface area contributed by atoms with E-state index in [1.807, 2.05) is 5.38 Å². The molecule has 0 aliphatic heterocycles. The van der Waals surface area contributed by atoms with Gasteiger partial charge in [0.1, 0.15) is 23.0 Å². The van der Waals surface area contributed by atoms with E-state index in [2.05, 4.69) is 0 Å². The van der Waals surface area contributed by atoms with Gasteiger partial charge in [0, 0.05) is 68.7 Å². The first-order valence-corrected chi connectivity index (χ1v) is 19.1. The number of nitro groups is 2. The van der Waals surface area contributed by atoms with Gasteiger partial charge in [-0.15, -0.1) is 11.3 Å². The molecule has 0 saturated carbocycles. The Morgan fingerprint density at radius 2 is 0.982 bits per heavy atom. The van der Waals surface area contributed by atoms with E-state index in [0.717, 1.165) is 21.8 Å². The van der Waals surface area contributed by atoms with Gasteiger partial charge in [0.05, 0.1) is 20.5 Å². The van der Waals surface area contributed by atoms with Crippen LogP contribution in [0.5, 0.6) is 23.0 Å². The van der Waals surface area contributed by atoms with E-state index in [0.29, 0.717) is 35.8 Å². The summed E-state index contributed by atoms with van der Waals surface area (Å²) in [6.45, 7) is 1.03. The number of alkyl halides is 4. The zero-order valence-corrected chi connectivity index (χ0v) is 32.5. The molecule has 2 amide bonds. The summed E-state index contributed by atoms with van der Waals surface area (Å²) in [4.78, 5) is 51.9. The van der Waals surface area contributed by atoms with Gasteiger partial charge in [-0.3, -0.25) is 29.8 Å². The molecule has 0 aliphatic rings. The molecular weight excluding hydrogens is 816 g/mol. The number of hydrogen-bond donors (Lipinski definition) is 0. The van der Waals surface area contributed by atoms with Gasteiger partial charge in [-0.1, -0.05) is 70.7 Å². The Balaban J connectivity index is 1.15. The molecule has 0 spiro atoms. The van der Waals surface area contributed by atoms with E-state index in [1.54, 1.807) is 58.3 Å². The van der Waals surface area contributed by atoms with E-state index in [4.69, 9.17) is 60.9 Å². The number of amides is 2. The number of aromatic nitrogens is 1. The van der Waals surface area contributed by atoms with Gasteiger partial charge in [-0.25, -0.2) is 4.98 Å². The Morgan fingerprint density at radius 1 is 0.618 bits per heavy atom. The number of halogens is 4. The summed E-state index contributed by atoms with van der Waals surface area (Å²) in [6, 6.07) is 25.5. The predicted molar refractivity (Wildman–Crippen MR) is 211 cm³/mol. The minimum Gasteiger partial charge on any atom is -0.457 e. The third-order valence-corrected chi connectivity index (χ3v) is 9.69. The average Bonchev–Trinajstić information content (AvgIpc) is 3.63. The molecule has 55 heavy (non-hydrogen) atoms. The highest BCUT2D eigenvalue weighted by Crippen LogP contribution is 2.27. The standard InChI is InChI=1S/C37H31Cl4N5O8S/c38-34(39)36(47)43(21-24-1-9-29(10-2-24)53-31-13-5-27(6-14-31)45(49)50)19-17-26-23-55-33(42-26)18-20-44(37(48)35(40)41)22-25-3-11-30(12-4-25)54-32-15-7-28(8-16-32)46(51)52/h1-16,23,34-35H,17-22H2. The van der Waals surface area contributed by atoms with Gasteiger partial charge >= 0.3 is 0 Å². The van der Waals surface area contributed by atoms with Gasteiger partial charge in [-0.2, -0.15) is 0 Å². The van der Waals surface area contributed by atoms with Crippen LogP contribution in [0.1, 0.15) is 21.8 Å². The Bertz CT molecular complexity index is 1940. The quantitative estimate of drug-likeness (QED) is 0.0476. The summed E-state index contributed by atoms with van der Waals surface area (Å²) < 4.78 is 11.6. The van der Waals surface area contributed by atoms with Crippen molar-refractivity contribution in [1.29, 1.82) is 0 Å². The smallest absolute Gasteiger partial charge is 0.269 e. The second-order valence-electron chi connectivity index (χ2n) is 11.8. The second kappa shape index (κ2) is 19.6. The van der Waals surface area contributed by atoms with Gasteiger partial charge < -0.3 is 19.3 Å². The van der Waals surface area contributed by atoms with E-state index in [1.165, 1.54) is 59.9 Å². The van der Waals surface area contributed by atoms with Gasteiger partial charge in [0.2, 0.25) is 0 Å². The normalized spacial score (nSPS) is 11.0. The highest BCUT2D eigenvalue weighted by molar-refractivity contribution is 7.09. The number of nitrogens with zero attached hydrogens (tertiary/aromatic N) is 5. The Morgan fingerprint density at radius 3 is 1.35 bits per heavy atom. The molecule has 1 heterocycles.